The summed E-state index contributed by atoms with van der Waals surface area (Å²) in [6.45, 7) is 0.691. The predicted octanol–water partition coefficient (Wildman–Crippen LogP) is 5.14. The zero-order chi connectivity index (χ0) is 20.6. The number of benzene rings is 2. The topological polar surface area (TPSA) is 60.7 Å². The largest absolute Gasteiger partial charge is 0.298 e. The smallest absolute Gasteiger partial charge is 0.191 e. The van der Waals surface area contributed by atoms with Gasteiger partial charge >= 0.3 is 0 Å². The first-order valence-electron chi connectivity index (χ1n) is 9.90. The molecule has 2 aromatic heterocycles. The first-order chi connectivity index (χ1) is 14.8. The third-order valence-electron chi connectivity index (χ3n) is 4.71. The van der Waals surface area contributed by atoms with Gasteiger partial charge in [-0.3, -0.25) is 14.3 Å². The van der Waals surface area contributed by atoms with E-state index in [1.807, 2.05) is 60.7 Å². The molecule has 150 valence electrons. The molecule has 0 aliphatic heterocycles. The van der Waals surface area contributed by atoms with Crippen LogP contribution >= 0.6 is 11.8 Å². The molecule has 4 rings (SSSR count). The highest BCUT2D eigenvalue weighted by molar-refractivity contribution is 7.99. The van der Waals surface area contributed by atoms with Gasteiger partial charge in [-0.15, -0.1) is 10.2 Å². The van der Waals surface area contributed by atoms with E-state index in [1.165, 1.54) is 5.56 Å². The number of thioether (sulfide) groups is 1. The number of hydrogen-bond donors (Lipinski definition) is 0. The Bertz CT molecular complexity index is 1080. The number of Topliss-reactive ketones (excluding diaryl/α,β-unsaturated/α-hetero) is 1. The van der Waals surface area contributed by atoms with E-state index in [0.29, 0.717) is 13.0 Å². The second kappa shape index (κ2) is 9.98. The number of hydrogen-bond acceptors (Lipinski definition) is 5. The minimum absolute atomic E-state index is 0.180. The molecule has 0 saturated carbocycles. The molecular weight excluding hydrogens is 392 g/mol. The Morgan fingerprint density at radius 3 is 2.30 bits per heavy atom. The Labute approximate surface area is 180 Å². The van der Waals surface area contributed by atoms with Crippen molar-refractivity contribution in [1.82, 2.24) is 19.7 Å². The average Bonchev–Trinajstić information content (AvgIpc) is 3.20. The fourth-order valence-electron chi connectivity index (χ4n) is 3.18. The van der Waals surface area contributed by atoms with Crippen molar-refractivity contribution in [3.8, 4) is 11.4 Å². The Balaban J connectivity index is 1.46. The van der Waals surface area contributed by atoms with Crippen molar-refractivity contribution in [2.24, 2.45) is 0 Å². The Kier molecular flexibility index (Phi) is 6.67. The molecular formula is C24H22N4OS. The molecule has 5 nitrogen and oxygen atoms in total. The summed E-state index contributed by atoms with van der Waals surface area (Å²) in [6.07, 6.45) is 4.85. The van der Waals surface area contributed by atoms with Crippen molar-refractivity contribution in [3.63, 3.8) is 0 Å². The van der Waals surface area contributed by atoms with Crippen LogP contribution < -0.4 is 0 Å². The van der Waals surface area contributed by atoms with Gasteiger partial charge in [0, 0.05) is 35.7 Å². The van der Waals surface area contributed by atoms with E-state index in [2.05, 4.69) is 31.9 Å². The van der Waals surface area contributed by atoms with Crippen LogP contribution in [0.25, 0.3) is 11.4 Å². The van der Waals surface area contributed by atoms with Gasteiger partial charge in [0.1, 0.15) is 0 Å². The van der Waals surface area contributed by atoms with Crippen LogP contribution in [-0.4, -0.2) is 31.3 Å². The molecule has 0 aliphatic rings. The summed E-state index contributed by atoms with van der Waals surface area (Å²) in [7, 11) is 0. The zero-order valence-electron chi connectivity index (χ0n) is 16.5. The van der Waals surface area contributed by atoms with Gasteiger partial charge in [0.25, 0.3) is 0 Å². The van der Waals surface area contributed by atoms with Gasteiger partial charge in [-0.1, -0.05) is 72.4 Å². The van der Waals surface area contributed by atoms with Gasteiger partial charge in [0.15, 0.2) is 16.8 Å². The SMILES string of the molecule is O=C(CCCSc1nnc(-c2ccncc2)n1Cc1ccccc1)c1ccccc1. The molecule has 0 spiro atoms. The maximum atomic E-state index is 12.3. The van der Waals surface area contributed by atoms with Crippen LogP contribution in [0, 0.1) is 0 Å². The minimum Gasteiger partial charge on any atom is -0.298 e. The summed E-state index contributed by atoms with van der Waals surface area (Å²) < 4.78 is 2.13. The van der Waals surface area contributed by atoms with E-state index in [9.17, 15) is 4.79 Å². The number of carbonyl (C=O) groups excluding carboxylic acids is 1. The fourth-order valence-corrected chi connectivity index (χ4v) is 4.06. The number of aromatic nitrogens is 4. The van der Waals surface area contributed by atoms with Crippen LogP contribution in [0.4, 0.5) is 0 Å². The van der Waals surface area contributed by atoms with Gasteiger partial charge in [-0.05, 0) is 24.1 Å². The molecule has 0 radical (unpaired) electrons. The van der Waals surface area contributed by atoms with E-state index in [-0.39, 0.29) is 5.78 Å². The molecule has 0 atom stereocenters. The van der Waals surface area contributed by atoms with E-state index in [4.69, 9.17) is 0 Å². The van der Waals surface area contributed by atoms with Gasteiger partial charge in [-0.2, -0.15) is 0 Å². The molecule has 2 aromatic carbocycles. The maximum absolute atomic E-state index is 12.3. The van der Waals surface area contributed by atoms with E-state index < -0.39 is 0 Å². The summed E-state index contributed by atoms with van der Waals surface area (Å²) >= 11 is 1.64. The van der Waals surface area contributed by atoms with Gasteiger partial charge in [0.05, 0.1) is 6.54 Å². The molecule has 30 heavy (non-hydrogen) atoms. The van der Waals surface area contributed by atoms with Crippen molar-refractivity contribution in [1.29, 1.82) is 0 Å². The highest BCUT2D eigenvalue weighted by atomic mass is 32.2. The Hall–Kier alpha value is -3.25. The lowest BCUT2D eigenvalue weighted by Gasteiger charge is -2.10. The summed E-state index contributed by atoms with van der Waals surface area (Å²) in [5, 5.41) is 9.73. The predicted molar refractivity (Wildman–Crippen MR) is 120 cm³/mol. The van der Waals surface area contributed by atoms with Gasteiger partial charge in [0.2, 0.25) is 0 Å². The summed E-state index contributed by atoms with van der Waals surface area (Å²) in [6, 6.07) is 23.6. The lowest BCUT2D eigenvalue weighted by Crippen LogP contribution is -2.05. The van der Waals surface area contributed by atoms with Crippen molar-refractivity contribution in [2.75, 3.05) is 5.75 Å². The standard InChI is InChI=1S/C24H22N4OS/c29-22(20-10-5-2-6-11-20)12-7-17-30-24-27-26-23(21-13-15-25-16-14-21)28(24)18-19-8-3-1-4-9-19/h1-6,8-11,13-16H,7,12,17-18H2. The quantitative estimate of drug-likeness (QED) is 0.215. The molecule has 6 heteroatoms. The van der Waals surface area contributed by atoms with Crippen LogP contribution in [0.15, 0.2) is 90.3 Å². The minimum atomic E-state index is 0.180. The zero-order valence-corrected chi connectivity index (χ0v) is 17.3. The van der Waals surface area contributed by atoms with Gasteiger partial charge < -0.3 is 0 Å². The molecule has 0 N–H and O–H groups in total. The first kappa shape index (κ1) is 20.0. The van der Waals surface area contributed by atoms with Crippen molar-refractivity contribution in [2.45, 2.75) is 24.5 Å². The highest BCUT2D eigenvalue weighted by Gasteiger charge is 2.15. The van der Waals surface area contributed by atoms with Gasteiger partial charge in [-0.25, -0.2) is 0 Å². The molecule has 0 bridgehead atoms. The summed E-state index contributed by atoms with van der Waals surface area (Å²) in [5.74, 6) is 1.81. The molecule has 2 heterocycles. The maximum Gasteiger partial charge on any atom is 0.191 e. The molecule has 0 fully saturated rings. The number of ketones is 1. The number of carbonyl (C=O) groups is 1. The Morgan fingerprint density at radius 2 is 1.57 bits per heavy atom. The van der Waals surface area contributed by atoms with Crippen LogP contribution in [0.2, 0.25) is 0 Å². The third-order valence-corrected chi connectivity index (χ3v) is 5.77. The number of pyridine rings is 1. The van der Waals surface area contributed by atoms with Crippen LogP contribution in [-0.2, 0) is 6.54 Å². The van der Waals surface area contributed by atoms with Crippen molar-refractivity contribution < 1.29 is 4.79 Å². The lowest BCUT2D eigenvalue weighted by atomic mass is 10.1. The molecule has 0 aliphatic carbocycles. The normalized spacial score (nSPS) is 10.8. The monoisotopic (exact) mass is 414 g/mol. The first-order valence-corrected chi connectivity index (χ1v) is 10.9. The Morgan fingerprint density at radius 1 is 0.867 bits per heavy atom. The third kappa shape index (κ3) is 5.02. The second-order valence-electron chi connectivity index (χ2n) is 6.86. The summed E-state index contributed by atoms with van der Waals surface area (Å²) in [5.41, 5.74) is 2.95. The number of rotatable bonds is 9. The lowest BCUT2D eigenvalue weighted by molar-refractivity contribution is 0.0982. The average molecular weight is 415 g/mol. The van der Waals surface area contributed by atoms with E-state index in [0.717, 1.165) is 34.3 Å². The van der Waals surface area contributed by atoms with Crippen molar-refractivity contribution in [3.05, 3.63) is 96.3 Å². The van der Waals surface area contributed by atoms with Crippen molar-refractivity contribution >= 4 is 17.5 Å². The van der Waals surface area contributed by atoms with Crippen LogP contribution in [0.5, 0.6) is 0 Å². The summed E-state index contributed by atoms with van der Waals surface area (Å²) in [4.78, 5) is 16.4. The second-order valence-corrected chi connectivity index (χ2v) is 7.92. The molecule has 0 unspecified atom stereocenters. The van der Waals surface area contributed by atoms with Crippen LogP contribution in [0.3, 0.4) is 0 Å². The van der Waals surface area contributed by atoms with E-state index in [1.54, 1.807) is 24.2 Å². The number of nitrogens with zero attached hydrogens (tertiary/aromatic N) is 4. The molecule has 0 amide bonds. The highest BCUT2D eigenvalue weighted by Crippen LogP contribution is 2.25. The molecule has 0 saturated heterocycles. The van der Waals surface area contributed by atoms with Crippen LogP contribution in [0.1, 0.15) is 28.8 Å². The van der Waals surface area contributed by atoms with E-state index >= 15 is 0 Å². The fraction of sp³-hybridized carbons (Fsp3) is 0.167. The molecule has 4 aromatic rings.